The summed E-state index contributed by atoms with van der Waals surface area (Å²) in [7, 11) is 2.97. The Hall–Kier alpha value is -3.21. The highest BCUT2D eigenvalue weighted by Crippen LogP contribution is 2.28. The Balaban J connectivity index is 1.73. The van der Waals surface area contributed by atoms with Gasteiger partial charge in [-0.05, 0) is 19.1 Å². The zero-order valence-electron chi connectivity index (χ0n) is 15.6. The van der Waals surface area contributed by atoms with Crippen molar-refractivity contribution in [3.8, 4) is 11.5 Å². The summed E-state index contributed by atoms with van der Waals surface area (Å²) in [4.78, 5) is 35.4. The number of aryl methyl sites for hydroxylation is 1. The highest BCUT2D eigenvalue weighted by molar-refractivity contribution is 7.15. The number of nitrogens with one attached hydrogen (secondary N) is 2. The zero-order chi connectivity index (χ0) is 20.5. The minimum atomic E-state index is -0.666. The highest BCUT2D eigenvalue weighted by atomic mass is 32.1. The van der Waals surface area contributed by atoms with Crippen molar-refractivity contribution in [1.82, 2.24) is 10.2 Å². The fourth-order valence-electron chi connectivity index (χ4n) is 2.05. The summed E-state index contributed by atoms with van der Waals surface area (Å²) >= 11 is 1.23. The van der Waals surface area contributed by atoms with Crippen molar-refractivity contribution in [2.24, 2.45) is 0 Å². The van der Waals surface area contributed by atoms with Gasteiger partial charge in [-0.3, -0.25) is 14.4 Å². The van der Waals surface area contributed by atoms with Crippen molar-refractivity contribution in [3.63, 3.8) is 0 Å². The number of aromatic nitrogens is 2. The number of benzene rings is 1. The number of esters is 1. The van der Waals surface area contributed by atoms with E-state index in [0.29, 0.717) is 27.3 Å². The number of ether oxygens (including phenoxy) is 3. The van der Waals surface area contributed by atoms with E-state index < -0.39 is 18.5 Å². The van der Waals surface area contributed by atoms with Gasteiger partial charge in [0.15, 0.2) is 6.61 Å². The van der Waals surface area contributed by atoms with Crippen LogP contribution in [0.5, 0.6) is 11.5 Å². The fourth-order valence-corrected chi connectivity index (χ4v) is 2.66. The molecule has 1 aromatic heterocycles. The smallest absolute Gasteiger partial charge is 0.306 e. The van der Waals surface area contributed by atoms with E-state index in [4.69, 9.17) is 14.2 Å². The van der Waals surface area contributed by atoms with E-state index in [9.17, 15) is 14.4 Å². The molecule has 2 rings (SSSR count). The van der Waals surface area contributed by atoms with Crippen LogP contribution in [0, 0.1) is 6.92 Å². The molecule has 0 saturated carbocycles. The van der Waals surface area contributed by atoms with E-state index in [1.807, 2.05) is 0 Å². The largest absolute Gasteiger partial charge is 0.497 e. The molecule has 0 aliphatic heterocycles. The Morgan fingerprint density at radius 2 is 1.82 bits per heavy atom. The van der Waals surface area contributed by atoms with Gasteiger partial charge in [-0.1, -0.05) is 11.3 Å². The number of carbonyl (C=O) groups excluding carboxylic acids is 3. The number of anilines is 2. The lowest BCUT2D eigenvalue weighted by atomic mass is 10.2. The summed E-state index contributed by atoms with van der Waals surface area (Å²) in [6.45, 7) is 1.28. The number of nitrogens with zero attached hydrogens (tertiary/aromatic N) is 2. The van der Waals surface area contributed by atoms with Gasteiger partial charge in [0.05, 0.1) is 26.3 Å². The van der Waals surface area contributed by atoms with Gasteiger partial charge in [0.1, 0.15) is 16.5 Å². The molecule has 1 heterocycles. The van der Waals surface area contributed by atoms with Crippen LogP contribution in [0.25, 0.3) is 0 Å². The molecule has 1 aromatic carbocycles. The third-order valence-corrected chi connectivity index (χ3v) is 4.13. The molecule has 0 bridgehead atoms. The Kier molecular flexibility index (Phi) is 7.69. The summed E-state index contributed by atoms with van der Waals surface area (Å²) in [5.41, 5.74) is 0.413. The van der Waals surface area contributed by atoms with E-state index >= 15 is 0 Å². The molecule has 0 radical (unpaired) electrons. The maximum Gasteiger partial charge on any atom is 0.306 e. The van der Waals surface area contributed by atoms with Crippen LogP contribution >= 0.6 is 11.3 Å². The molecule has 28 heavy (non-hydrogen) atoms. The van der Waals surface area contributed by atoms with Crippen LogP contribution in [0.2, 0.25) is 0 Å². The van der Waals surface area contributed by atoms with E-state index in [-0.39, 0.29) is 18.7 Å². The number of methoxy groups -OCH3 is 2. The minimum absolute atomic E-state index is 0.0919. The van der Waals surface area contributed by atoms with Crippen molar-refractivity contribution in [3.05, 3.63) is 23.2 Å². The van der Waals surface area contributed by atoms with Crippen molar-refractivity contribution >= 4 is 39.9 Å². The predicted octanol–water partition coefficient (Wildman–Crippen LogP) is 1.76. The van der Waals surface area contributed by atoms with Gasteiger partial charge in [-0.15, -0.1) is 10.2 Å². The average molecular weight is 408 g/mol. The topological polar surface area (TPSA) is 129 Å². The first-order valence-corrected chi connectivity index (χ1v) is 9.00. The van der Waals surface area contributed by atoms with Gasteiger partial charge in [-0.2, -0.15) is 0 Å². The molecule has 0 fully saturated rings. The molecule has 0 unspecified atom stereocenters. The monoisotopic (exact) mass is 408 g/mol. The Labute approximate surface area is 165 Å². The van der Waals surface area contributed by atoms with Gasteiger partial charge < -0.3 is 24.8 Å². The number of rotatable bonds is 9. The summed E-state index contributed by atoms with van der Waals surface area (Å²) in [6, 6.07) is 4.87. The van der Waals surface area contributed by atoms with E-state index in [1.165, 1.54) is 25.6 Å². The Morgan fingerprint density at radius 3 is 2.46 bits per heavy atom. The van der Waals surface area contributed by atoms with Crippen molar-refractivity contribution in [2.45, 2.75) is 19.8 Å². The predicted molar refractivity (Wildman–Crippen MR) is 102 cm³/mol. The van der Waals surface area contributed by atoms with Crippen LogP contribution < -0.4 is 20.1 Å². The third kappa shape index (κ3) is 6.50. The SMILES string of the molecule is COc1ccc(NC(=O)COC(=O)CCC(=O)Nc2nnc(C)s2)c(OC)c1. The number of hydrogen-bond donors (Lipinski definition) is 2. The van der Waals surface area contributed by atoms with E-state index in [2.05, 4.69) is 20.8 Å². The van der Waals surface area contributed by atoms with Crippen LogP contribution in [0.1, 0.15) is 17.8 Å². The first-order chi connectivity index (χ1) is 13.4. The minimum Gasteiger partial charge on any atom is -0.497 e. The molecule has 0 spiro atoms. The molecule has 150 valence electrons. The molecule has 0 atom stereocenters. The van der Waals surface area contributed by atoms with Crippen LogP contribution in [0.3, 0.4) is 0 Å². The van der Waals surface area contributed by atoms with Gasteiger partial charge in [0, 0.05) is 12.5 Å². The third-order valence-electron chi connectivity index (χ3n) is 3.38. The number of hydrogen-bond acceptors (Lipinski definition) is 9. The van der Waals surface area contributed by atoms with Crippen molar-refractivity contribution in [1.29, 1.82) is 0 Å². The summed E-state index contributed by atoms with van der Waals surface area (Å²) in [5.74, 6) is -0.614. The number of amides is 2. The fraction of sp³-hybridized carbons (Fsp3) is 0.353. The first kappa shape index (κ1) is 21.1. The lowest BCUT2D eigenvalue weighted by molar-refractivity contribution is -0.147. The number of carbonyl (C=O) groups is 3. The lowest BCUT2D eigenvalue weighted by Gasteiger charge is -2.11. The van der Waals surface area contributed by atoms with Crippen molar-refractivity contribution in [2.75, 3.05) is 31.5 Å². The van der Waals surface area contributed by atoms with Gasteiger partial charge in [0.2, 0.25) is 11.0 Å². The van der Waals surface area contributed by atoms with E-state index in [1.54, 1.807) is 25.1 Å². The molecule has 2 amide bonds. The molecular formula is C17H20N4O6S. The van der Waals surface area contributed by atoms with E-state index in [0.717, 1.165) is 0 Å². The summed E-state index contributed by atoms with van der Waals surface area (Å²) in [5, 5.41) is 13.7. The normalized spacial score (nSPS) is 10.1. The summed E-state index contributed by atoms with van der Waals surface area (Å²) < 4.78 is 15.1. The van der Waals surface area contributed by atoms with Gasteiger partial charge in [0.25, 0.3) is 5.91 Å². The molecule has 0 aliphatic rings. The highest BCUT2D eigenvalue weighted by Gasteiger charge is 2.13. The van der Waals surface area contributed by atoms with Crippen LogP contribution in [0.15, 0.2) is 18.2 Å². The second kappa shape index (κ2) is 10.2. The Bertz CT molecular complexity index is 854. The van der Waals surface area contributed by atoms with Crippen LogP contribution in [0.4, 0.5) is 10.8 Å². The van der Waals surface area contributed by atoms with Crippen LogP contribution in [-0.4, -0.2) is 48.8 Å². The lowest BCUT2D eigenvalue weighted by Crippen LogP contribution is -2.22. The molecule has 10 nitrogen and oxygen atoms in total. The molecule has 2 aromatic rings. The molecular weight excluding hydrogens is 388 g/mol. The zero-order valence-corrected chi connectivity index (χ0v) is 16.4. The van der Waals surface area contributed by atoms with Gasteiger partial charge >= 0.3 is 5.97 Å². The Morgan fingerprint density at radius 1 is 1.04 bits per heavy atom. The maximum absolute atomic E-state index is 12.0. The molecule has 11 heteroatoms. The molecule has 2 N–H and O–H groups in total. The average Bonchev–Trinajstić information content (AvgIpc) is 3.09. The van der Waals surface area contributed by atoms with Crippen molar-refractivity contribution < 1.29 is 28.6 Å². The molecule has 0 saturated heterocycles. The second-order valence-corrected chi connectivity index (χ2v) is 6.63. The molecule has 0 aliphatic carbocycles. The first-order valence-electron chi connectivity index (χ1n) is 8.18. The maximum atomic E-state index is 12.0. The second-order valence-electron chi connectivity index (χ2n) is 5.45. The standard InChI is InChI=1S/C17H20N4O6S/c1-10-20-21-17(28-10)19-14(22)6-7-16(24)27-9-15(23)18-12-5-4-11(25-2)8-13(12)26-3/h4-5,8H,6-7,9H2,1-3H3,(H,18,23)(H,19,21,22). The van der Waals surface area contributed by atoms with Crippen LogP contribution in [-0.2, 0) is 19.1 Å². The quantitative estimate of drug-likeness (QED) is 0.601. The summed E-state index contributed by atoms with van der Waals surface area (Å²) in [6.07, 6.45) is -0.256. The van der Waals surface area contributed by atoms with Gasteiger partial charge in [-0.25, -0.2) is 0 Å².